The van der Waals surface area contributed by atoms with E-state index < -0.39 is 11.6 Å². The van der Waals surface area contributed by atoms with Crippen molar-refractivity contribution in [2.45, 2.75) is 25.8 Å². The van der Waals surface area contributed by atoms with Gasteiger partial charge in [-0.2, -0.15) is 0 Å². The molecule has 1 aliphatic heterocycles. The van der Waals surface area contributed by atoms with Crippen molar-refractivity contribution in [3.8, 4) is 0 Å². The number of rotatable bonds is 4. The molecule has 1 N–H and O–H groups in total. The van der Waals surface area contributed by atoms with Crippen LogP contribution in [0.3, 0.4) is 0 Å². The van der Waals surface area contributed by atoms with E-state index in [4.69, 9.17) is 0 Å². The van der Waals surface area contributed by atoms with Crippen LogP contribution in [0, 0.1) is 18.6 Å². The fourth-order valence-corrected chi connectivity index (χ4v) is 3.02. The third-order valence-corrected chi connectivity index (χ3v) is 4.29. The average molecular weight is 359 g/mol. The molecule has 7 heteroatoms. The fourth-order valence-electron chi connectivity index (χ4n) is 3.02. The van der Waals surface area contributed by atoms with Gasteiger partial charge in [0.05, 0.1) is 12.0 Å². The number of hydrogen-bond acceptors (Lipinski definition) is 3. The lowest BCUT2D eigenvalue weighted by Gasteiger charge is -2.17. The highest BCUT2D eigenvalue weighted by Crippen LogP contribution is 2.14. The summed E-state index contributed by atoms with van der Waals surface area (Å²) in [6, 6.07) is 6.37. The second-order valence-corrected chi connectivity index (χ2v) is 6.45. The zero-order valence-corrected chi connectivity index (χ0v) is 14.3. The Bertz CT molecular complexity index is 804. The number of nitrogens with zero attached hydrogens (tertiary/aromatic N) is 2. The Balaban J connectivity index is 1.54. The predicted molar refractivity (Wildman–Crippen MR) is 91.5 cm³/mol. The lowest BCUT2D eigenvalue weighted by molar-refractivity contribution is -0.121. The van der Waals surface area contributed by atoms with Crippen LogP contribution in [0.1, 0.15) is 28.0 Å². The molecule has 1 fully saturated rings. The van der Waals surface area contributed by atoms with E-state index in [1.807, 2.05) is 6.92 Å². The van der Waals surface area contributed by atoms with E-state index in [-0.39, 0.29) is 29.8 Å². The molecule has 3 rings (SSSR count). The first kappa shape index (κ1) is 18.0. The Labute approximate surface area is 150 Å². The molecule has 2 amide bonds. The van der Waals surface area contributed by atoms with Crippen LogP contribution in [0.4, 0.5) is 8.78 Å². The summed E-state index contributed by atoms with van der Waals surface area (Å²) in [4.78, 5) is 30.3. The van der Waals surface area contributed by atoms with Crippen LogP contribution in [-0.2, 0) is 11.2 Å². The van der Waals surface area contributed by atoms with Crippen LogP contribution in [0.15, 0.2) is 36.5 Å². The minimum absolute atomic E-state index is 0.110. The largest absolute Gasteiger partial charge is 0.351 e. The molecule has 0 radical (unpaired) electrons. The molecule has 5 nitrogen and oxygen atoms in total. The molecule has 26 heavy (non-hydrogen) atoms. The zero-order valence-electron chi connectivity index (χ0n) is 14.3. The third kappa shape index (κ3) is 4.41. The van der Waals surface area contributed by atoms with Gasteiger partial charge in [0, 0.05) is 37.1 Å². The van der Waals surface area contributed by atoms with E-state index in [1.54, 1.807) is 23.2 Å². The van der Waals surface area contributed by atoms with Gasteiger partial charge in [0.1, 0.15) is 11.6 Å². The number of carbonyl (C=O) groups excluding carboxylic acids is 2. The van der Waals surface area contributed by atoms with Gasteiger partial charge in [0.25, 0.3) is 5.91 Å². The van der Waals surface area contributed by atoms with Gasteiger partial charge < -0.3 is 10.2 Å². The van der Waals surface area contributed by atoms with Gasteiger partial charge in [0.15, 0.2) is 0 Å². The SMILES string of the molecule is Cc1ccc(C(=O)N2CC[C@@H](NC(=O)Cc3cc(F)cc(F)c3)C2)cn1. The molecule has 1 saturated heterocycles. The topological polar surface area (TPSA) is 62.3 Å². The van der Waals surface area contributed by atoms with Crippen molar-refractivity contribution in [1.29, 1.82) is 0 Å². The Morgan fingerprint density at radius 1 is 1.23 bits per heavy atom. The van der Waals surface area contributed by atoms with Crippen LogP contribution in [-0.4, -0.2) is 40.8 Å². The molecule has 1 aromatic heterocycles. The number of likely N-dealkylation sites (tertiary alicyclic amines) is 1. The van der Waals surface area contributed by atoms with Gasteiger partial charge in [-0.15, -0.1) is 0 Å². The van der Waals surface area contributed by atoms with Crippen molar-refractivity contribution in [2.24, 2.45) is 0 Å². The summed E-state index contributed by atoms with van der Waals surface area (Å²) in [5.74, 6) is -1.87. The molecule has 1 atom stereocenters. The molecule has 2 aromatic rings. The minimum atomic E-state index is -0.711. The maximum Gasteiger partial charge on any atom is 0.255 e. The van der Waals surface area contributed by atoms with Crippen molar-refractivity contribution in [1.82, 2.24) is 15.2 Å². The number of pyridine rings is 1. The summed E-state index contributed by atoms with van der Waals surface area (Å²) in [7, 11) is 0. The number of benzene rings is 1. The molecule has 136 valence electrons. The maximum atomic E-state index is 13.2. The first-order valence-electron chi connectivity index (χ1n) is 8.37. The van der Waals surface area contributed by atoms with Crippen LogP contribution < -0.4 is 5.32 Å². The fraction of sp³-hybridized carbons (Fsp3) is 0.316. The van der Waals surface area contributed by atoms with Crippen molar-refractivity contribution < 1.29 is 18.4 Å². The summed E-state index contributed by atoms with van der Waals surface area (Å²) >= 11 is 0. The Kier molecular flexibility index (Phi) is 5.25. The van der Waals surface area contributed by atoms with Crippen molar-refractivity contribution in [3.63, 3.8) is 0 Å². The molecular formula is C19H19F2N3O2. The standard InChI is InChI=1S/C19H19F2N3O2/c1-12-2-3-14(10-22-12)19(26)24-5-4-17(11-24)23-18(25)8-13-6-15(20)9-16(21)7-13/h2-3,6-7,9-10,17H,4-5,8,11H2,1H3,(H,23,25)/t17-/m1/s1. The number of hydrogen-bond donors (Lipinski definition) is 1. The van der Waals surface area contributed by atoms with Gasteiger partial charge in [-0.3, -0.25) is 14.6 Å². The number of carbonyl (C=O) groups is 2. The number of halogens is 2. The molecule has 1 aliphatic rings. The maximum absolute atomic E-state index is 13.2. The molecule has 0 bridgehead atoms. The number of nitrogens with one attached hydrogen (secondary N) is 1. The van der Waals surface area contributed by atoms with Gasteiger partial charge in [0.2, 0.25) is 5.91 Å². The van der Waals surface area contributed by atoms with E-state index in [2.05, 4.69) is 10.3 Å². The first-order chi connectivity index (χ1) is 12.4. The molecule has 1 aromatic carbocycles. The molecular weight excluding hydrogens is 340 g/mol. The van der Waals surface area contributed by atoms with E-state index >= 15 is 0 Å². The van der Waals surface area contributed by atoms with Gasteiger partial charge >= 0.3 is 0 Å². The third-order valence-electron chi connectivity index (χ3n) is 4.29. The van der Waals surface area contributed by atoms with E-state index in [9.17, 15) is 18.4 Å². The lowest BCUT2D eigenvalue weighted by Crippen LogP contribution is -2.39. The normalized spacial score (nSPS) is 16.6. The second-order valence-electron chi connectivity index (χ2n) is 6.45. The highest BCUT2D eigenvalue weighted by Gasteiger charge is 2.28. The quantitative estimate of drug-likeness (QED) is 0.911. The minimum Gasteiger partial charge on any atom is -0.351 e. The highest BCUT2D eigenvalue weighted by molar-refractivity contribution is 5.94. The van der Waals surface area contributed by atoms with E-state index in [1.165, 1.54) is 0 Å². The summed E-state index contributed by atoms with van der Waals surface area (Å²) in [5, 5.41) is 2.82. The molecule has 0 spiro atoms. The van der Waals surface area contributed by atoms with Gasteiger partial charge in [-0.05, 0) is 43.2 Å². The van der Waals surface area contributed by atoms with Gasteiger partial charge in [-0.1, -0.05) is 0 Å². The van der Waals surface area contributed by atoms with Crippen molar-refractivity contribution in [3.05, 3.63) is 65.0 Å². The summed E-state index contributed by atoms with van der Waals surface area (Å²) in [6.45, 7) is 2.78. The summed E-state index contributed by atoms with van der Waals surface area (Å²) in [5.41, 5.74) is 1.62. The summed E-state index contributed by atoms with van der Waals surface area (Å²) in [6.07, 6.45) is 2.07. The number of aryl methyl sites for hydroxylation is 1. The van der Waals surface area contributed by atoms with Crippen molar-refractivity contribution >= 4 is 11.8 Å². The first-order valence-corrected chi connectivity index (χ1v) is 8.37. The molecule has 2 heterocycles. The number of aromatic nitrogens is 1. The molecule has 0 unspecified atom stereocenters. The Morgan fingerprint density at radius 3 is 2.62 bits per heavy atom. The second kappa shape index (κ2) is 7.59. The van der Waals surface area contributed by atoms with Gasteiger partial charge in [-0.25, -0.2) is 8.78 Å². The zero-order chi connectivity index (χ0) is 18.7. The predicted octanol–water partition coefficient (Wildman–Crippen LogP) is 2.24. The monoisotopic (exact) mass is 359 g/mol. The Hall–Kier alpha value is -2.83. The summed E-state index contributed by atoms with van der Waals surface area (Å²) < 4.78 is 26.4. The van der Waals surface area contributed by atoms with Crippen LogP contribution in [0.25, 0.3) is 0 Å². The average Bonchev–Trinajstić information content (AvgIpc) is 3.02. The number of amides is 2. The van der Waals surface area contributed by atoms with E-state index in [0.29, 0.717) is 25.1 Å². The molecule has 0 aliphatic carbocycles. The van der Waals surface area contributed by atoms with Crippen LogP contribution in [0.5, 0.6) is 0 Å². The lowest BCUT2D eigenvalue weighted by atomic mass is 10.1. The Morgan fingerprint density at radius 2 is 1.96 bits per heavy atom. The smallest absolute Gasteiger partial charge is 0.255 e. The van der Waals surface area contributed by atoms with E-state index in [0.717, 1.165) is 23.9 Å². The molecule has 0 saturated carbocycles. The van der Waals surface area contributed by atoms with Crippen LogP contribution >= 0.6 is 0 Å². The highest BCUT2D eigenvalue weighted by atomic mass is 19.1. The van der Waals surface area contributed by atoms with Crippen molar-refractivity contribution in [2.75, 3.05) is 13.1 Å². The van der Waals surface area contributed by atoms with Crippen LogP contribution in [0.2, 0.25) is 0 Å².